The molecule has 1 aromatic rings. The first-order valence-corrected chi connectivity index (χ1v) is 10.4. The molecule has 3 nitrogen and oxygen atoms in total. The third-order valence-corrected chi connectivity index (χ3v) is 6.16. The monoisotopic (exact) mass is 357 g/mol. The fraction of sp³-hybridized carbons (Fsp3) is 0.524. The van der Waals surface area contributed by atoms with Gasteiger partial charge in [-0.15, -0.1) is 11.8 Å². The van der Waals surface area contributed by atoms with Gasteiger partial charge in [-0.3, -0.25) is 14.5 Å². The number of rotatable bonds is 4. The number of thioether (sulfide) groups is 1. The highest BCUT2D eigenvalue weighted by Crippen LogP contribution is 2.39. The molecule has 0 radical (unpaired) electrons. The molecule has 1 saturated carbocycles. The van der Waals surface area contributed by atoms with Crippen molar-refractivity contribution in [1.82, 2.24) is 4.90 Å². The van der Waals surface area contributed by atoms with Gasteiger partial charge in [0.1, 0.15) is 0 Å². The summed E-state index contributed by atoms with van der Waals surface area (Å²) in [6, 6.07) is 6.18. The molecule has 0 spiro atoms. The van der Waals surface area contributed by atoms with Crippen LogP contribution in [0.2, 0.25) is 0 Å². The highest BCUT2D eigenvalue weighted by atomic mass is 32.2. The Morgan fingerprint density at radius 2 is 1.72 bits per heavy atom. The van der Waals surface area contributed by atoms with Gasteiger partial charge in [0.25, 0.3) is 11.8 Å². The SMILES string of the molecule is CCSC1=C(c2ccc(C)cc2C)C(=O)N(C2CCCCCC2)C1=O. The molecule has 134 valence electrons. The molecule has 1 aliphatic carbocycles. The van der Waals surface area contributed by atoms with Gasteiger partial charge in [0.15, 0.2) is 0 Å². The quantitative estimate of drug-likeness (QED) is 0.570. The number of carbonyl (C=O) groups excluding carboxylic acids is 2. The van der Waals surface area contributed by atoms with E-state index in [1.807, 2.05) is 32.9 Å². The van der Waals surface area contributed by atoms with Crippen LogP contribution in [-0.4, -0.2) is 28.5 Å². The molecule has 0 N–H and O–H groups in total. The lowest BCUT2D eigenvalue weighted by Crippen LogP contribution is -2.40. The maximum absolute atomic E-state index is 13.3. The van der Waals surface area contributed by atoms with E-state index in [1.165, 1.54) is 30.2 Å². The zero-order chi connectivity index (χ0) is 18.0. The Balaban J connectivity index is 2.01. The van der Waals surface area contributed by atoms with Crippen molar-refractivity contribution in [1.29, 1.82) is 0 Å². The molecule has 4 heteroatoms. The van der Waals surface area contributed by atoms with E-state index in [-0.39, 0.29) is 17.9 Å². The van der Waals surface area contributed by atoms with Gasteiger partial charge in [0.2, 0.25) is 0 Å². The van der Waals surface area contributed by atoms with Gasteiger partial charge in [0, 0.05) is 6.04 Å². The van der Waals surface area contributed by atoms with Crippen LogP contribution >= 0.6 is 11.8 Å². The van der Waals surface area contributed by atoms with Crippen molar-refractivity contribution in [3.05, 3.63) is 39.8 Å². The number of amides is 2. The summed E-state index contributed by atoms with van der Waals surface area (Å²) in [5.74, 6) is 0.639. The summed E-state index contributed by atoms with van der Waals surface area (Å²) in [7, 11) is 0. The molecule has 25 heavy (non-hydrogen) atoms. The minimum absolute atomic E-state index is 0.0678. The Bertz CT molecular complexity index is 715. The van der Waals surface area contributed by atoms with Crippen LogP contribution in [0.4, 0.5) is 0 Å². The largest absolute Gasteiger partial charge is 0.271 e. The topological polar surface area (TPSA) is 37.4 Å². The van der Waals surface area contributed by atoms with E-state index in [2.05, 4.69) is 6.07 Å². The highest BCUT2D eigenvalue weighted by Gasteiger charge is 2.42. The van der Waals surface area contributed by atoms with Crippen molar-refractivity contribution in [2.75, 3.05) is 5.75 Å². The molecule has 0 saturated heterocycles. The Kier molecular flexibility index (Phi) is 5.67. The molecule has 0 unspecified atom stereocenters. The number of hydrogen-bond acceptors (Lipinski definition) is 3. The summed E-state index contributed by atoms with van der Waals surface area (Å²) in [5, 5.41) is 0. The second-order valence-electron chi connectivity index (χ2n) is 7.08. The van der Waals surface area contributed by atoms with E-state index in [4.69, 9.17) is 0 Å². The lowest BCUT2D eigenvalue weighted by Gasteiger charge is -2.25. The second kappa shape index (κ2) is 7.77. The van der Waals surface area contributed by atoms with Crippen LogP contribution in [0.3, 0.4) is 0 Å². The summed E-state index contributed by atoms with van der Waals surface area (Å²) in [4.78, 5) is 28.6. The molecule has 0 atom stereocenters. The summed E-state index contributed by atoms with van der Waals surface area (Å²) < 4.78 is 0. The molecule has 2 aliphatic rings. The van der Waals surface area contributed by atoms with Crippen LogP contribution in [0.5, 0.6) is 0 Å². The minimum atomic E-state index is -0.0835. The first kappa shape index (κ1) is 18.2. The standard InChI is InChI=1S/C21H27NO2S/c1-4-25-19-18(17-12-11-14(2)13-15(17)3)20(23)22(21(19)24)16-9-7-5-6-8-10-16/h11-13,16H,4-10H2,1-3H3. The predicted molar refractivity (Wildman–Crippen MR) is 104 cm³/mol. The summed E-state index contributed by atoms with van der Waals surface area (Å²) in [6.45, 7) is 6.10. The van der Waals surface area contributed by atoms with Crippen LogP contribution in [-0.2, 0) is 9.59 Å². The van der Waals surface area contributed by atoms with Crippen molar-refractivity contribution in [3.8, 4) is 0 Å². The van der Waals surface area contributed by atoms with Crippen LogP contribution in [0.15, 0.2) is 23.1 Å². The average Bonchev–Trinajstić information content (AvgIpc) is 2.76. The van der Waals surface area contributed by atoms with Crippen molar-refractivity contribution >= 4 is 29.1 Å². The van der Waals surface area contributed by atoms with E-state index in [1.54, 1.807) is 4.90 Å². The Morgan fingerprint density at radius 1 is 1.04 bits per heavy atom. The number of nitrogens with zero attached hydrogens (tertiary/aromatic N) is 1. The van der Waals surface area contributed by atoms with Gasteiger partial charge in [-0.25, -0.2) is 0 Å². The fourth-order valence-electron chi connectivity index (χ4n) is 3.98. The smallest absolute Gasteiger partial charge is 0.268 e. The molecule has 1 heterocycles. The zero-order valence-corrected chi connectivity index (χ0v) is 16.2. The van der Waals surface area contributed by atoms with Gasteiger partial charge in [0.05, 0.1) is 10.5 Å². The molecule has 1 aliphatic heterocycles. The zero-order valence-electron chi connectivity index (χ0n) is 15.4. The summed E-state index contributed by atoms with van der Waals surface area (Å²) in [5.41, 5.74) is 3.77. The number of carbonyl (C=O) groups is 2. The maximum Gasteiger partial charge on any atom is 0.268 e. The van der Waals surface area contributed by atoms with Crippen LogP contribution < -0.4 is 0 Å². The normalized spacial score (nSPS) is 19.7. The Labute approximate surface area is 154 Å². The van der Waals surface area contributed by atoms with Crippen LogP contribution in [0, 0.1) is 13.8 Å². The van der Waals surface area contributed by atoms with Gasteiger partial charge in [-0.2, -0.15) is 0 Å². The van der Waals surface area contributed by atoms with Crippen molar-refractivity contribution in [2.24, 2.45) is 0 Å². The Morgan fingerprint density at radius 3 is 2.32 bits per heavy atom. The van der Waals surface area contributed by atoms with Crippen molar-refractivity contribution in [2.45, 2.75) is 65.3 Å². The molecule has 0 bridgehead atoms. The van der Waals surface area contributed by atoms with Crippen LogP contribution in [0.25, 0.3) is 5.57 Å². The molecule has 1 fully saturated rings. The highest BCUT2D eigenvalue weighted by molar-refractivity contribution is 8.04. The first-order valence-electron chi connectivity index (χ1n) is 9.37. The van der Waals surface area contributed by atoms with E-state index >= 15 is 0 Å². The molecule has 1 aromatic carbocycles. The molecule has 0 aromatic heterocycles. The third-order valence-electron chi connectivity index (χ3n) is 5.20. The molecular weight excluding hydrogens is 330 g/mol. The number of benzene rings is 1. The number of imide groups is 1. The van der Waals surface area contributed by atoms with Crippen molar-refractivity contribution in [3.63, 3.8) is 0 Å². The predicted octanol–water partition coefficient (Wildman–Crippen LogP) is 4.86. The second-order valence-corrected chi connectivity index (χ2v) is 8.36. The lowest BCUT2D eigenvalue weighted by molar-refractivity contribution is -0.139. The minimum Gasteiger partial charge on any atom is -0.271 e. The maximum atomic E-state index is 13.3. The van der Waals surface area contributed by atoms with E-state index in [0.29, 0.717) is 10.5 Å². The third kappa shape index (κ3) is 3.55. The number of hydrogen-bond donors (Lipinski definition) is 0. The summed E-state index contributed by atoms with van der Waals surface area (Å²) >= 11 is 1.51. The van der Waals surface area contributed by atoms with E-state index < -0.39 is 0 Å². The Hall–Kier alpha value is -1.55. The van der Waals surface area contributed by atoms with Crippen LogP contribution in [0.1, 0.15) is 62.1 Å². The van der Waals surface area contributed by atoms with Gasteiger partial charge in [-0.05, 0) is 43.6 Å². The fourth-order valence-corrected chi connectivity index (χ4v) is 4.84. The van der Waals surface area contributed by atoms with Gasteiger partial charge in [-0.1, -0.05) is 56.4 Å². The van der Waals surface area contributed by atoms with Crippen molar-refractivity contribution < 1.29 is 9.59 Å². The van der Waals surface area contributed by atoms with E-state index in [9.17, 15) is 9.59 Å². The average molecular weight is 358 g/mol. The van der Waals surface area contributed by atoms with E-state index in [0.717, 1.165) is 42.6 Å². The lowest BCUT2D eigenvalue weighted by atomic mass is 9.98. The van der Waals surface area contributed by atoms with Gasteiger partial charge >= 0.3 is 0 Å². The summed E-state index contributed by atoms with van der Waals surface area (Å²) in [6.07, 6.45) is 6.53. The number of aryl methyl sites for hydroxylation is 2. The molecule has 2 amide bonds. The molecule has 3 rings (SSSR count). The first-order chi connectivity index (χ1) is 12.0. The van der Waals surface area contributed by atoms with Gasteiger partial charge < -0.3 is 0 Å². The molecular formula is C21H27NO2S.